The summed E-state index contributed by atoms with van der Waals surface area (Å²) in [4.78, 5) is 0. The molecule has 0 bridgehead atoms. The average Bonchev–Trinajstić information content (AvgIpc) is 2.69. The summed E-state index contributed by atoms with van der Waals surface area (Å²) in [6, 6.07) is 7.65. The molecule has 0 amide bonds. The van der Waals surface area contributed by atoms with Crippen LogP contribution in [0.3, 0.4) is 0 Å². The van der Waals surface area contributed by atoms with Gasteiger partial charge in [0.15, 0.2) is 0 Å². The minimum atomic E-state index is -0.142. The van der Waals surface area contributed by atoms with E-state index in [1.54, 1.807) is 11.3 Å². The Labute approximate surface area is 106 Å². The zero-order chi connectivity index (χ0) is 10.8. The number of rotatable bonds is 2. The zero-order valence-corrected chi connectivity index (χ0v) is 10.9. The second-order valence-corrected chi connectivity index (χ2v) is 5.30. The van der Waals surface area contributed by atoms with Crippen molar-refractivity contribution in [2.24, 2.45) is 5.73 Å². The van der Waals surface area contributed by atoms with Gasteiger partial charge in [0.1, 0.15) is 0 Å². The zero-order valence-electron chi connectivity index (χ0n) is 7.78. The summed E-state index contributed by atoms with van der Waals surface area (Å²) >= 11 is 11.1. The third-order valence-electron chi connectivity index (χ3n) is 2.20. The van der Waals surface area contributed by atoms with Crippen LogP contribution in [0.4, 0.5) is 0 Å². The molecule has 1 atom stereocenters. The number of nitrogens with two attached hydrogens (primary N) is 1. The average molecular weight is 303 g/mol. The number of benzene rings is 1. The summed E-state index contributed by atoms with van der Waals surface area (Å²) in [5.74, 6) is 0. The number of hydrogen-bond acceptors (Lipinski definition) is 2. The predicted molar refractivity (Wildman–Crippen MR) is 69.5 cm³/mol. The molecule has 0 aliphatic carbocycles. The van der Waals surface area contributed by atoms with E-state index in [9.17, 15) is 0 Å². The van der Waals surface area contributed by atoms with Gasteiger partial charge in [-0.05, 0) is 40.1 Å². The molecule has 0 saturated carbocycles. The maximum Gasteiger partial charge on any atom is 0.0574 e. The van der Waals surface area contributed by atoms with Gasteiger partial charge in [0.2, 0.25) is 0 Å². The second kappa shape index (κ2) is 4.66. The van der Waals surface area contributed by atoms with E-state index < -0.39 is 0 Å². The van der Waals surface area contributed by atoms with Crippen molar-refractivity contribution in [2.75, 3.05) is 0 Å². The monoisotopic (exact) mass is 301 g/mol. The van der Waals surface area contributed by atoms with E-state index in [0.717, 1.165) is 15.6 Å². The highest BCUT2D eigenvalue weighted by molar-refractivity contribution is 9.10. The van der Waals surface area contributed by atoms with E-state index in [1.165, 1.54) is 0 Å². The molecule has 0 aliphatic heterocycles. The van der Waals surface area contributed by atoms with E-state index in [4.69, 9.17) is 17.3 Å². The van der Waals surface area contributed by atoms with Crippen LogP contribution >= 0.6 is 38.9 Å². The SMILES string of the molecule is N[C@@H](c1ccsc1)c1ccc(Br)cc1Cl. The fourth-order valence-electron chi connectivity index (χ4n) is 1.39. The molecule has 1 aromatic carbocycles. The minimum absolute atomic E-state index is 0.142. The van der Waals surface area contributed by atoms with Crippen molar-refractivity contribution in [1.82, 2.24) is 0 Å². The highest BCUT2D eigenvalue weighted by atomic mass is 79.9. The fourth-order valence-corrected chi connectivity index (χ4v) is 2.87. The molecule has 2 rings (SSSR count). The summed E-state index contributed by atoms with van der Waals surface area (Å²) in [5.41, 5.74) is 8.18. The maximum atomic E-state index is 6.13. The van der Waals surface area contributed by atoms with Crippen molar-refractivity contribution in [3.63, 3.8) is 0 Å². The van der Waals surface area contributed by atoms with Crippen molar-refractivity contribution in [2.45, 2.75) is 6.04 Å². The van der Waals surface area contributed by atoms with Gasteiger partial charge in [-0.25, -0.2) is 0 Å². The highest BCUT2D eigenvalue weighted by Gasteiger charge is 2.12. The topological polar surface area (TPSA) is 26.0 Å². The van der Waals surface area contributed by atoms with Crippen molar-refractivity contribution in [3.8, 4) is 0 Å². The normalized spacial score (nSPS) is 12.7. The van der Waals surface area contributed by atoms with E-state index in [2.05, 4.69) is 15.9 Å². The molecule has 2 aromatic rings. The van der Waals surface area contributed by atoms with E-state index in [-0.39, 0.29) is 6.04 Å². The van der Waals surface area contributed by atoms with Gasteiger partial charge < -0.3 is 5.73 Å². The first-order valence-electron chi connectivity index (χ1n) is 4.41. The van der Waals surface area contributed by atoms with Crippen LogP contribution in [0, 0.1) is 0 Å². The first kappa shape index (κ1) is 11.1. The van der Waals surface area contributed by atoms with E-state index in [0.29, 0.717) is 5.02 Å². The Hall–Kier alpha value is -0.350. The summed E-state index contributed by atoms with van der Waals surface area (Å²) in [6.45, 7) is 0. The highest BCUT2D eigenvalue weighted by Crippen LogP contribution is 2.29. The van der Waals surface area contributed by atoms with Crippen LogP contribution in [0.1, 0.15) is 17.2 Å². The van der Waals surface area contributed by atoms with Gasteiger partial charge in [0.05, 0.1) is 6.04 Å². The van der Waals surface area contributed by atoms with Gasteiger partial charge in [-0.1, -0.05) is 33.6 Å². The van der Waals surface area contributed by atoms with Gasteiger partial charge >= 0.3 is 0 Å². The molecule has 1 nitrogen and oxygen atoms in total. The Morgan fingerprint density at radius 3 is 2.73 bits per heavy atom. The van der Waals surface area contributed by atoms with Crippen molar-refractivity contribution >= 4 is 38.9 Å². The quantitative estimate of drug-likeness (QED) is 0.883. The lowest BCUT2D eigenvalue weighted by Crippen LogP contribution is -2.11. The maximum absolute atomic E-state index is 6.13. The molecule has 0 fully saturated rings. The molecule has 0 saturated heterocycles. The first-order chi connectivity index (χ1) is 7.18. The molecule has 0 radical (unpaired) electrons. The third kappa shape index (κ3) is 2.42. The molecule has 78 valence electrons. The Bertz CT molecular complexity index is 456. The minimum Gasteiger partial charge on any atom is -0.320 e. The lowest BCUT2D eigenvalue weighted by atomic mass is 10.0. The molecule has 4 heteroatoms. The van der Waals surface area contributed by atoms with Crippen molar-refractivity contribution < 1.29 is 0 Å². The molecule has 1 aromatic heterocycles. The third-order valence-corrected chi connectivity index (χ3v) is 3.72. The first-order valence-corrected chi connectivity index (χ1v) is 6.52. The lowest BCUT2D eigenvalue weighted by molar-refractivity contribution is 0.877. The molecule has 0 spiro atoms. The van der Waals surface area contributed by atoms with Gasteiger partial charge in [0.25, 0.3) is 0 Å². The Kier molecular flexibility index (Phi) is 3.46. The van der Waals surface area contributed by atoms with Gasteiger partial charge in [-0.3, -0.25) is 0 Å². The van der Waals surface area contributed by atoms with E-state index in [1.807, 2.05) is 35.0 Å². The van der Waals surface area contributed by atoms with Crippen LogP contribution in [-0.4, -0.2) is 0 Å². The molecule has 0 unspecified atom stereocenters. The smallest absolute Gasteiger partial charge is 0.0574 e. The predicted octanol–water partition coefficient (Wildman–Crippen LogP) is 4.21. The largest absolute Gasteiger partial charge is 0.320 e. The van der Waals surface area contributed by atoms with Crippen LogP contribution in [0.5, 0.6) is 0 Å². The molecule has 1 heterocycles. The molecular formula is C11H9BrClNS. The summed E-state index contributed by atoms with van der Waals surface area (Å²) in [5, 5.41) is 4.76. The Morgan fingerprint density at radius 1 is 1.33 bits per heavy atom. The van der Waals surface area contributed by atoms with Crippen molar-refractivity contribution in [3.05, 3.63) is 55.6 Å². The lowest BCUT2D eigenvalue weighted by Gasteiger charge is -2.12. The number of halogens is 2. The van der Waals surface area contributed by atoms with Gasteiger partial charge in [0, 0.05) is 9.50 Å². The Balaban J connectivity index is 2.38. The van der Waals surface area contributed by atoms with Gasteiger partial charge in [-0.2, -0.15) is 11.3 Å². The van der Waals surface area contributed by atoms with Crippen LogP contribution in [0.15, 0.2) is 39.5 Å². The summed E-state index contributed by atoms with van der Waals surface area (Å²) in [7, 11) is 0. The van der Waals surface area contributed by atoms with Crippen molar-refractivity contribution in [1.29, 1.82) is 0 Å². The summed E-state index contributed by atoms with van der Waals surface area (Å²) in [6.07, 6.45) is 0. The van der Waals surface area contributed by atoms with Crippen LogP contribution in [0.2, 0.25) is 5.02 Å². The standard InChI is InChI=1S/C11H9BrClNS/c12-8-1-2-9(10(13)5-8)11(14)7-3-4-15-6-7/h1-6,11H,14H2/t11-/m0/s1. The Morgan fingerprint density at radius 2 is 2.13 bits per heavy atom. The number of thiophene rings is 1. The van der Waals surface area contributed by atoms with Crippen LogP contribution in [-0.2, 0) is 0 Å². The van der Waals surface area contributed by atoms with Crippen LogP contribution < -0.4 is 5.73 Å². The van der Waals surface area contributed by atoms with Gasteiger partial charge in [-0.15, -0.1) is 0 Å². The molecular weight excluding hydrogens is 294 g/mol. The fraction of sp³-hybridized carbons (Fsp3) is 0.0909. The van der Waals surface area contributed by atoms with Crippen LogP contribution in [0.25, 0.3) is 0 Å². The molecule has 0 aliphatic rings. The van der Waals surface area contributed by atoms with E-state index >= 15 is 0 Å². The molecule has 15 heavy (non-hydrogen) atoms. The second-order valence-electron chi connectivity index (χ2n) is 3.20. The molecule has 2 N–H and O–H groups in total. The number of hydrogen-bond donors (Lipinski definition) is 1. The summed E-state index contributed by atoms with van der Waals surface area (Å²) < 4.78 is 0.966.